The topological polar surface area (TPSA) is 29.3 Å². The Morgan fingerprint density at radius 2 is 2.06 bits per heavy atom. The predicted octanol–water partition coefficient (Wildman–Crippen LogP) is 2.85. The van der Waals surface area contributed by atoms with Gasteiger partial charge >= 0.3 is 0 Å². The van der Waals surface area contributed by atoms with Gasteiger partial charge in [0.05, 0.1) is 0 Å². The summed E-state index contributed by atoms with van der Waals surface area (Å²) in [5, 5.41) is 0. The number of hydrogen-bond acceptors (Lipinski definition) is 2. The summed E-state index contributed by atoms with van der Waals surface area (Å²) in [4.78, 5) is 2.60. The Balaban J connectivity index is 1.99. The lowest BCUT2D eigenvalue weighted by Crippen LogP contribution is -2.43. The van der Waals surface area contributed by atoms with Crippen molar-refractivity contribution >= 4 is 0 Å². The maximum absolute atomic E-state index is 5.97. The molecular weight excluding hydrogens is 220 g/mol. The Kier molecular flexibility index (Phi) is 4.79. The van der Waals surface area contributed by atoms with Crippen molar-refractivity contribution in [2.45, 2.75) is 38.6 Å². The first-order valence-corrected chi connectivity index (χ1v) is 7.25. The number of nitrogens with zero attached hydrogens (tertiary/aromatic N) is 1. The van der Waals surface area contributed by atoms with Gasteiger partial charge in [-0.05, 0) is 30.4 Å². The van der Waals surface area contributed by atoms with Crippen molar-refractivity contribution in [2.75, 3.05) is 19.6 Å². The highest BCUT2D eigenvalue weighted by Gasteiger charge is 2.30. The molecule has 3 atom stereocenters. The summed E-state index contributed by atoms with van der Waals surface area (Å²) in [5.74, 6) is 1.40. The molecule has 0 radical (unpaired) electrons. The molecule has 0 saturated carbocycles. The van der Waals surface area contributed by atoms with Crippen LogP contribution in [0.2, 0.25) is 0 Å². The molecule has 3 unspecified atom stereocenters. The molecule has 0 aromatic heterocycles. The summed E-state index contributed by atoms with van der Waals surface area (Å²) in [5.41, 5.74) is 7.46. The van der Waals surface area contributed by atoms with Gasteiger partial charge in [0.15, 0.2) is 0 Å². The van der Waals surface area contributed by atoms with Crippen molar-refractivity contribution in [2.24, 2.45) is 11.7 Å². The van der Waals surface area contributed by atoms with E-state index in [2.05, 4.69) is 49.1 Å². The molecule has 1 aliphatic rings. The van der Waals surface area contributed by atoms with E-state index < -0.39 is 0 Å². The van der Waals surface area contributed by atoms with Gasteiger partial charge in [0.25, 0.3) is 0 Å². The number of nitrogens with two attached hydrogens (primary N) is 1. The Labute approximate surface area is 111 Å². The van der Waals surface area contributed by atoms with Gasteiger partial charge in [-0.2, -0.15) is 0 Å². The van der Waals surface area contributed by atoms with Crippen LogP contribution in [0.15, 0.2) is 30.3 Å². The van der Waals surface area contributed by atoms with Gasteiger partial charge in [0, 0.05) is 19.1 Å². The van der Waals surface area contributed by atoms with Crippen LogP contribution in [0.5, 0.6) is 0 Å². The molecule has 0 bridgehead atoms. The Hall–Kier alpha value is -0.860. The quantitative estimate of drug-likeness (QED) is 0.865. The largest absolute Gasteiger partial charge is 0.329 e. The molecule has 2 nitrogen and oxygen atoms in total. The van der Waals surface area contributed by atoms with E-state index in [0.29, 0.717) is 17.9 Å². The van der Waals surface area contributed by atoms with Crippen LogP contribution in [-0.2, 0) is 0 Å². The van der Waals surface area contributed by atoms with Gasteiger partial charge in [0.1, 0.15) is 0 Å². The molecule has 18 heavy (non-hydrogen) atoms. The molecule has 0 spiro atoms. The molecule has 2 heteroatoms. The van der Waals surface area contributed by atoms with E-state index in [9.17, 15) is 0 Å². The molecule has 100 valence electrons. The highest BCUT2D eigenvalue weighted by Crippen LogP contribution is 2.30. The van der Waals surface area contributed by atoms with Crippen LogP contribution >= 0.6 is 0 Å². The summed E-state index contributed by atoms with van der Waals surface area (Å²) >= 11 is 0. The molecule has 0 aliphatic carbocycles. The summed E-state index contributed by atoms with van der Waals surface area (Å²) in [6.45, 7) is 7.75. The SMILES string of the molecule is CCC(C)C(CN)N1CCC(c2ccccc2)C1. The Morgan fingerprint density at radius 1 is 1.33 bits per heavy atom. The second-order valence-corrected chi connectivity index (χ2v) is 5.58. The average Bonchev–Trinajstić information content (AvgIpc) is 2.90. The fourth-order valence-electron chi connectivity index (χ4n) is 3.10. The normalized spacial score (nSPS) is 24.1. The number of benzene rings is 1. The van der Waals surface area contributed by atoms with E-state index in [0.717, 1.165) is 6.54 Å². The molecule has 2 rings (SSSR count). The van der Waals surface area contributed by atoms with Crippen molar-refractivity contribution in [3.63, 3.8) is 0 Å². The molecule has 1 heterocycles. The monoisotopic (exact) mass is 246 g/mol. The van der Waals surface area contributed by atoms with Crippen LogP contribution in [0, 0.1) is 5.92 Å². The maximum Gasteiger partial charge on any atom is 0.0244 e. The lowest BCUT2D eigenvalue weighted by molar-refractivity contribution is 0.183. The smallest absolute Gasteiger partial charge is 0.0244 e. The predicted molar refractivity (Wildman–Crippen MR) is 77.7 cm³/mol. The lowest BCUT2D eigenvalue weighted by atomic mass is 9.97. The van der Waals surface area contributed by atoms with Gasteiger partial charge in [-0.15, -0.1) is 0 Å². The Bertz CT molecular complexity index is 349. The summed E-state index contributed by atoms with van der Waals surface area (Å²) in [7, 11) is 0. The first kappa shape index (κ1) is 13.6. The highest BCUT2D eigenvalue weighted by atomic mass is 15.2. The summed E-state index contributed by atoms with van der Waals surface area (Å²) < 4.78 is 0. The van der Waals surface area contributed by atoms with E-state index >= 15 is 0 Å². The number of rotatable bonds is 5. The summed E-state index contributed by atoms with van der Waals surface area (Å²) in [6.07, 6.45) is 2.49. The van der Waals surface area contributed by atoms with Crippen molar-refractivity contribution < 1.29 is 0 Å². The minimum absolute atomic E-state index is 0.559. The average molecular weight is 246 g/mol. The van der Waals surface area contributed by atoms with E-state index in [4.69, 9.17) is 5.73 Å². The van der Waals surface area contributed by atoms with E-state index in [1.54, 1.807) is 0 Å². The van der Waals surface area contributed by atoms with Crippen LogP contribution in [0.4, 0.5) is 0 Å². The second kappa shape index (κ2) is 6.35. The van der Waals surface area contributed by atoms with Crippen LogP contribution in [0.1, 0.15) is 38.2 Å². The number of hydrogen-bond donors (Lipinski definition) is 1. The van der Waals surface area contributed by atoms with Gasteiger partial charge in [-0.3, -0.25) is 4.90 Å². The zero-order chi connectivity index (χ0) is 13.0. The Morgan fingerprint density at radius 3 is 2.67 bits per heavy atom. The minimum Gasteiger partial charge on any atom is -0.329 e. The molecule has 0 amide bonds. The molecule has 1 aromatic rings. The lowest BCUT2D eigenvalue weighted by Gasteiger charge is -2.31. The third kappa shape index (κ3) is 2.93. The van der Waals surface area contributed by atoms with Crippen molar-refractivity contribution in [3.05, 3.63) is 35.9 Å². The van der Waals surface area contributed by atoms with E-state index in [1.165, 1.54) is 31.5 Å². The third-order valence-electron chi connectivity index (χ3n) is 4.50. The minimum atomic E-state index is 0.559. The van der Waals surface area contributed by atoms with Crippen LogP contribution in [-0.4, -0.2) is 30.6 Å². The first-order valence-electron chi connectivity index (χ1n) is 7.25. The zero-order valence-electron chi connectivity index (χ0n) is 11.7. The highest BCUT2D eigenvalue weighted by molar-refractivity contribution is 5.21. The van der Waals surface area contributed by atoms with E-state index in [1.807, 2.05) is 0 Å². The molecule has 1 aliphatic heterocycles. The molecule has 2 N–H and O–H groups in total. The van der Waals surface area contributed by atoms with Gasteiger partial charge in [-0.25, -0.2) is 0 Å². The first-order chi connectivity index (χ1) is 8.76. The van der Waals surface area contributed by atoms with Gasteiger partial charge < -0.3 is 5.73 Å². The van der Waals surface area contributed by atoms with Crippen molar-refractivity contribution in [1.82, 2.24) is 4.90 Å². The fraction of sp³-hybridized carbons (Fsp3) is 0.625. The molecular formula is C16H26N2. The zero-order valence-corrected chi connectivity index (χ0v) is 11.7. The van der Waals surface area contributed by atoms with Crippen molar-refractivity contribution in [1.29, 1.82) is 0 Å². The molecule has 1 fully saturated rings. The van der Waals surface area contributed by atoms with Gasteiger partial charge in [0.2, 0.25) is 0 Å². The third-order valence-corrected chi connectivity index (χ3v) is 4.50. The summed E-state index contributed by atoms with van der Waals surface area (Å²) in [6, 6.07) is 11.5. The maximum atomic E-state index is 5.97. The van der Waals surface area contributed by atoms with Crippen LogP contribution in [0.25, 0.3) is 0 Å². The molecule has 1 aromatic carbocycles. The van der Waals surface area contributed by atoms with Crippen molar-refractivity contribution in [3.8, 4) is 0 Å². The fourth-order valence-corrected chi connectivity index (χ4v) is 3.10. The van der Waals surface area contributed by atoms with Crippen LogP contribution < -0.4 is 5.73 Å². The molecule has 1 saturated heterocycles. The van der Waals surface area contributed by atoms with Gasteiger partial charge in [-0.1, -0.05) is 50.6 Å². The number of likely N-dealkylation sites (tertiary alicyclic amines) is 1. The van der Waals surface area contributed by atoms with E-state index in [-0.39, 0.29) is 0 Å². The van der Waals surface area contributed by atoms with Crippen LogP contribution in [0.3, 0.4) is 0 Å². The standard InChI is InChI=1S/C16H26N2/c1-3-13(2)16(11-17)18-10-9-15(12-18)14-7-5-4-6-8-14/h4-8,13,15-16H,3,9-12,17H2,1-2H3. The second-order valence-electron chi connectivity index (χ2n) is 5.58.